The van der Waals surface area contributed by atoms with Crippen molar-refractivity contribution in [1.29, 1.82) is 0 Å². The van der Waals surface area contributed by atoms with Crippen LogP contribution in [0.5, 0.6) is 11.5 Å². The molecule has 0 aliphatic rings. The van der Waals surface area contributed by atoms with Crippen molar-refractivity contribution < 1.29 is 9.53 Å². The fourth-order valence-electron chi connectivity index (χ4n) is 3.24. The number of benzene rings is 2. The van der Waals surface area contributed by atoms with Crippen molar-refractivity contribution in [2.75, 3.05) is 18.4 Å². The first-order valence-corrected chi connectivity index (χ1v) is 10.7. The quantitative estimate of drug-likeness (QED) is 0.397. The van der Waals surface area contributed by atoms with Crippen LogP contribution >= 0.6 is 0 Å². The van der Waals surface area contributed by atoms with Crippen LogP contribution in [0, 0.1) is 20.8 Å². The summed E-state index contributed by atoms with van der Waals surface area (Å²) in [5.74, 6) is 2.58. The van der Waals surface area contributed by atoms with E-state index in [0.717, 1.165) is 22.7 Å². The van der Waals surface area contributed by atoms with Crippen molar-refractivity contribution in [3.05, 3.63) is 89.2 Å². The number of nitrogens with zero attached hydrogens (tertiary/aromatic N) is 4. The Balaban J connectivity index is 1.24. The largest absolute Gasteiger partial charge is 0.457 e. The summed E-state index contributed by atoms with van der Waals surface area (Å²) in [4.78, 5) is 12.4. The van der Waals surface area contributed by atoms with Crippen LogP contribution in [0.1, 0.15) is 27.3 Å². The lowest BCUT2D eigenvalue weighted by molar-refractivity contribution is 0.0955. The molecule has 1 amide bonds. The average molecular weight is 443 g/mol. The molecule has 8 nitrogen and oxygen atoms in total. The zero-order valence-electron chi connectivity index (χ0n) is 18.9. The van der Waals surface area contributed by atoms with Gasteiger partial charge in [0.05, 0.1) is 5.69 Å². The predicted octanol–water partition coefficient (Wildman–Crippen LogP) is 4.22. The van der Waals surface area contributed by atoms with Gasteiger partial charge < -0.3 is 15.4 Å². The van der Waals surface area contributed by atoms with Crippen LogP contribution in [0.2, 0.25) is 0 Å². The Morgan fingerprint density at radius 3 is 2.24 bits per heavy atom. The molecule has 0 fully saturated rings. The third kappa shape index (κ3) is 5.35. The third-order valence-electron chi connectivity index (χ3n) is 5.33. The summed E-state index contributed by atoms with van der Waals surface area (Å²) in [6.07, 6.45) is 0. The molecule has 0 radical (unpaired) electrons. The lowest BCUT2D eigenvalue weighted by Gasteiger charge is -2.09. The van der Waals surface area contributed by atoms with Crippen molar-refractivity contribution in [3.8, 4) is 17.3 Å². The van der Waals surface area contributed by atoms with Gasteiger partial charge in [-0.05, 0) is 74.9 Å². The lowest BCUT2D eigenvalue weighted by atomic mass is 10.2. The molecule has 0 spiro atoms. The highest BCUT2D eigenvalue weighted by Crippen LogP contribution is 2.21. The number of anilines is 1. The van der Waals surface area contributed by atoms with E-state index >= 15 is 0 Å². The van der Waals surface area contributed by atoms with Crippen molar-refractivity contribution in [2.24, 2.45) is 0 Å². The van der Waals surface area contributed by atoms with Crippen molar-refractivity contribution >= 4 is 11.7 Å². The number of hydrogen-bond acceptors (Lipinski definition) is 6. The van der Waals surface area contributed by atoms with Gasteiger partial charge in [-0.25, -0.2) is 4.68 Å². The molecule has 2 aromatic heterocycles. The van der Waals surface area contributed by atoms with E-state index < -0.39 is 0 Å². The molecule has 0 saturated carbocycles. The van der Waals surface area contributed by atoms with E-state index in [-0.39, 0.29) is 5.91 Å². The zero-order chi connectivity index (χ0) is 23.2. The summed E-state index contributed by atoms with van der Waals surface area (Å²) in [7, 11) is 0. The fourth-order valence-corrected chi connectivity index (χ4v) is 3.24. The maximum atomic E-state index is 12.4. The standard InChI is InChI=1S/C25H26N6O2/c1-17-18(2)30-31(19(17)3)24-14-13-23(28-29-24)26-15-16-27-25(32)20-9-11-22(12-10-20)33-21-7-5-4-6-8-21/h4-14H,15-16H2,1-3H3,(H,26,28)(H,27,32). The molecule has 4 aromatic rings. The number of aryl methyl sites for hydroxylation is 1. The van der Waals surface area contributed by atoms with Crippen LogP contribution in [-0.4, -0.2) is 39.0 Å². The first-order chi connectivity index (χ1) is 16.0. The Bertz CT molecular complexity index is 1220. The van der Waals surface area contributed by atoms with Crippen LogP contribution < -0.4 is 15.4 Å². The second-order valence-electron chi connectivity index (χ2n) is 7.61. The van der Waals surface area contributed by atoms with E-state index in [2.05, 4.69) is 25.9 Å². The zero-order valence-corrected chi connectivity index (χ0v) is 18.9. The van der Waals surface area contributed by atoms with Gasteiger partial charge in [0.25, 0.3) is 5.91 Å². The van der Waals surface area contributed by atoms with Crippen LogP contribution in [-0.2, 0) is 0 Å². The van der Waals surface area contributed by atoms with Gasteiger partial charge in [0, 0.05) is 24.3 Å². The van der Waals surface area contributed by atoms with E-state index in [0.29, 0.717) is 36.0 Å². The van der Waals surface area contributed by atoms with Gasteiger partial charge in [0.1, 0.15) is 17.3 Å². The Morgan fingerprint density at radius 2 is 1.61 bits per heavy atom. The minimum atomic E-state index is -0.149. The number of hydrogen-bond donors (Lipinski definition) is 2. The summed E-state index contributed by atoms with van der Waals surface area (Å²) < 4.78 is 7.54. The number of carbonyl (C=O) groups excluding carboxylic acids is 1. The van der Waals surface area contributed by atoms with Gasteiger partial charge in [-0.2, -0.15) is 5.10 Å². The van der Waals surface area contributed by atoms with E-state index in [1.165, 1.54) is 0 Å². The molecule has 0 unspecified atom stereocenters. The van der Waals surface area contributed by atoms with Gasteiger partial charge in [0.2, 0.25) is 0 Å². The molecule has 0 bridgehead atoms. The van der Waals surface area contributed by atoms with E-state index in [1.54, 1.807) is 28.9 Å². The Morgan fingerprint density at radius 1 is 0.879 bits per heavy atom. The van der Waals surface area contributed by atoms with Gasteiger partial charge in [-0.1, -0.05) is 18.2 Å². The minimum absolute atomic E-state index is 0.149. The lowest BCUT2D eigenvalue weighted by Crippen LogP contribution is -2.28. The number of rotatable bonds is 8. The Labute approximate surface area is 192 Å². The van der Waals surface area contributed by atoms with Gasteiger partial charge in [-0.3, -0.25) is 4.79 Å². The number of ether oxygens (including phenoxy) is 1. The van der Waals surface area contributed by atoms with E-state index in [4.69, 9.17) is 4.74 Å². The van der Waals surface area contributed by atoms with Crippen molar-refractivity contribution in [2.45, 2.75) is 20.8 Å². The highest BCUT2D eigenvalue weighted by Gasteiger charge is 2.10. The van der Waals surface area contributed by atoms with Crippen LogP contribution in [0.15, 0.2) is 66.7 Å². The molecule has 0 saturated heterocycles. The summed E-state index contributed by atoms with van der Waals surface area (Å²) >= 11 is 0. The SMILES string of the molecule is Cc1nn(-c2ccc(NCCNC(=O)c3ccc(Oc4ccccc4)cc3)nn2)c(C)c1C. The molecular weight excluding hydrogens is 416 g/mol. The minimum Gasteiger partial charge on any atom is -0.457 e. The fraction of sp³-hybridized carbons (Fsp3) is 0.200. The molecule has 4 rings (SSSR count). The molecule has 0 aliphatic carbocycles. The topological polar surface area (TPSA) is 94.0 Å². The molecule has 2 aromatic carbocycles. The maximum absolute atomic E-state index is 12.4. The number of amides is 1. The highest BCUT2D eigenvalue weighted by molar-refractivity contribution is 5.94. The highest BCUT2D eigenvalue weighted by atomic mass is 16.5. The van der Waals surface area contributed by atoms with Crippen LogP contribution in [0.4, 0.5) is 5.82 Å². The first-order valence-electron chi connectivity index (χ1n) is 10.7. The van der Waals surface area contributed by atoms with Gasteiger partial charge >= 0.3 is 0 Å². The second kappa shape index (κ2) is 9.95. The van der Waals surface area contributed by atoms with Crippen LogP contribution in [0.3, 0.4) is 0 Å². The summed E-state index contributed by atoms with van der Waals surface area (Å²) in [6, 6.07) is 20.3. The van der Waals surface area contributed by atoms with Gasteiger partial charge in [0.15, 0.2) is 5.82 Å². The number of carbonyl (C=O) groups is 1. The van der Waals surface area contributed by atoms with Crippen molar-refractivity contribution in [3.63, 3.8) is 0 Å². The smallest absolute Gasteiger partial charge is 0.251 e. The third-order valence-corrected chi connectivity index (χ3v) is 5.33. The number of aromatic nitrogens is 4. The molecule has 2 N–H and O–H groups in total. The number of nitrogens with one attached hydrogen (secondary N) is 2. The molecule has 2 heterocycles. The maximum Gasteiger partial charge on any atom is 0.251 e. The Kier molecular flexibility index (Phi) is 6.64. The number of para-hydroxylation sites is 1. The van der Waals surface area contributed by atoms with E-state index in [1.807, 2.05) is 63.2 Å². The monoisotopic (exact) mass is 442 g/mol. The summed E-state index contributed by atoms with van der Waals surface area (Å²) in [6.45, 7) is 6.99. The molecule has 168 valence electrons. The molecule has 8 heteroatoms. The molecular formula is C25H26N6O2. The van der Waals surface area contributed by atoms with E-state index in [9.17, 15) is 4.79 Å². The molecule has 0 aliphatic heterocycles. The van der Waals surface area contributed by atoms with Crippen molar-refractivity contribution in [1.82, 2.24) is 25.3 Å². The molecule has 33 heavy (non-hydrogen) atoms. The first kappa shape index (κ1) is 22.0. The second-order valence-corrected chi connectivity index (χ2v) is 7.61. The predicted molar refractivity (Wildman–Crippen MR) is 127 cm³/mol. The van der Waals surface area contributed by atoms with Crippen LogP contribution in [0.25, 0.3) is 5.82 Å². The van der Waals surface area contributed by atoms with Gasteiger partial charge in [-0.15, -0.1) is 10.2 Å². The summed E-state index contributed by atoms with van der Waals surface area (Å²) in [5.41, 5.74) is 3.74. The average Bonchev–Trinajstić information content (AvgIpc) is 3.10. The summed E-state index contributed by atoms with van der Waals surface area (Å²) in [5, 5.41) is 19.0. The Hall–Kier alpha value is -4.20. The normalized spacial score (nSPS) is 10.6. The molecule has 0 atom stereocenters.